The van der Waals surface area contributed by atoms with Crippen LogP contribution < -0.4 is 10.9 Å². The molecule has 0 atom stereocenters. The summed E-state index contributed by atoms with van der Waals surface area (Å²) in [7, 11) is 0. The quantitative estimate of drug-likeness (QED) is 0.281. The minimum Gasteiger partial charge on any atom is -0.465 e. The maximum absolute atomic E-state index is 12.2. The van der Waals surface area contributed by atoms with Crippen LogP contribution in [0.15, 0.2) is 64.4 Å². The molecule has 2 heterocycles. The second-order valence-electron chi connectivity index (χ2n) is 6.21. The van der Waals surface area contributed by atoms with Crippen LogP contribution in [0.5, 0.6) is 0 Å². The lowest BCUT2D eigenvalue weighted by Gasteiger charge is -2.07. The highest BCUT2D eigenvalue weighted by molar-refractivity contribution is 7.98. The molecular weight excluding hydrogens is 388 g/mol. The minimum absolute atomic E-state index is 0.401. The molecule has 3 rings (SSSR count). The number of amides is 2. The SMILES string of the molecule is Cc1cc(C)nc(SCc2ccc(C(=O)NNC(=O)/C=C/c3ccco3)cc2)n1. The summed E-state index contributed by atoms with van der Waals surface area (Å²) in [5.41, 5.74) is 8.06. The number of carbonyl (C=O) groups is 2. The van der Waals surface area contributed by atoms with E-state index in [0.29, 0.717) is 17.1 Å². The number of nitrogens with zero attached hydrogens (tertiary/aromatic N) is 2. The molecule has 2 amide bonds. The van der Waals surface area contributed by atoms with Crippen molar-refractivity contribution in [3.8, 4) is 0 Å². The number of hydrazine groups is 1. The van der Waals surface area contributed by atoms with Crippen LogP contribution in [0.2, 0.25) is 0 Å². The first-order chi connectivity index (χ1) is 14.0. The van der Waals surface area contributed by atoms with Crippen molar-refractivity contribution in [3.63, 3.8) is 0 Å². The molecular formula is C21H20N4O3S. The van der Waals surface area contributed by atoms with E-state index in [-0.39, 0.29) is 0 Å². The Balaban J connectivity index is 1.48. The molecule has 0 bridgehead atoms. The van der Waals surface area contributed by atoms with E-state index < -0.39 is 11.8 Å². The number of aromatic nitrogens is 2. The van der Waals surface area contributed by atoms with Crippen LogP contribution in [0.3, 0.4) is 0 Å². The Hall–Kier alpha value is -3.39. The molecule has 0 unspecified atom stereocenters. The summed E-state index contributed by atoms with van der Waals surface area (Å²) in [4.78, 5) is 32.7. The van der Waals surface area contributed by atoms with Crippen molar-refractivity contribution < 1.29 is 14.0 Å². The minimum atomic E-state index is -0.462. The Morgan fingerprint density at radius 1 is 1.07 bits per heavy atom. The Labute approximate surface area is 172 Å². The van der Waals surface area contributed by atoms with Gasteiger partial charge in [-0.25, -0.2) is 9.97 Å². The molecule has 0 fully saturated rings. The average Bonchev–Trinajstić information content (AvgIpc) is 3.22. The molecule has 148 valence electrons. The van der Waals surface area contributed by atoms with Gasteiger partial charge < -0.3 is 4.42 Å². The molecule has 2 aromatic heterocycles. The summed E-state index contributed by atoms with van der Waals surface area (Å²) in [5, 5.41) is 0.731. The third kappa shape index (κ3) is 6.32. The predicted molar refractivity (Wildman–Crippen MR) is 111 cm³/mol. The van der Waals surface area contributed by atoms with Crippen molar-refractivity contribution >= 4 is 29.7 Å². The molecule has 7 nitrogen and oxygen atoms in total. The number of benzene rings is 1. The summed E-state index contributed by atoms with van der Waals surface area (Å²) in [6, 6.07) is 12.5. The van der Waals surface area contributed by atoms with E-state index in [2.05, 4.69) is 20.8 Å². The van der Waals surface area contributed by atoms with Crippen molar-refractivity contribution in [3.05, 3.63) is 83.1 Å². The fourth-order valence-electron chi connectivity index (χ4n) is 2.43. The third-order valence-electron chi connectivity index (χ3n) is 3.79. The van der Waals surface area contributed by atoms with E-state index in [1.54, 1.807) is 24.3 Å². The van der Waals surface area contributed by atoms with Crippen LogP contribution in [0, 0.1) is 13.8 Å². The highest BCUT2D eigenvalue weighted by Crippen LogP contribution is 2.20. The Kier molecular flexibility index (Phi) is 6.80. The van der Waals surface area contributed by atoms with Gasteiger partial charge in [-0.1, -0.05) is 23.9 Å². The van der Waals surface area contributed by atoms with E-state index in [4.69, 9.17) is 4.42 Å². The number of aryl methyl sites for hydroxylation is 2. The predicted octanol–water partition coefficient (Wildman–Crippen LogP) is 3.45. The molecule has 29 heavy (non-hydrogen) atoms. The summed E-state index contributed by atoms with van der Waals surface area (Å²) in [6.45, 7) is 3.88. The largest absolute Gasteiger partial charge is 0.465 e. The highest BCUT2D eigenvalue weighted by atomic mass is 32.2. The Bertz CT molecular complexity index is 995. The van der Waals surface area contributed by atoms with E-state index in [0.717, 1.165) is 22.1 Å². The van der Waals surface area contributed by atoms with Crippen molar-refractivity contribution in [2.75, 3.05) is 0 Å². The maximum atomic E-state index is 12.2. The van der Waals surface area contributed by atoms with Crippen LogP contribution in [0.4, 0.5) is 0 Å². The van der Waals surface area contributed by atoms with Crippen LogP contribution in [-0.4, -0.2) is 21.8 Å². The number of furan rings is 1. The van der Waals surface area contributed by atoms with Crippen molar-refractivity contribution in [1.82, 2.24) is 20.8 Å². The van der Waals surface area contributed by atoms with Crippen LogP contribution >= 0.6 is 11.8 Å². The van der Waals surface area contributed by atoms with Gasteiger partial charge in [-0.3, -0.25) is 20.4 Å². The summed E-state index contributed by atoms with van der Waals surface area (Å²) in [6.07, 6.45) is 4.29. The number of hydrogen-bond donors (Lipinski definition) is 2. The lowest BCUT2D eigenvalue weighted by Crippen LogP contribution is -2.40. The molecule has 8 heteroatoms. The van der Waals surface area contributed by atoms with E-state index in [1.807, 2.05) is 32.0 Å². The number of thioether (sulfide) groups is 1. The van der Waals surface area contributed by atoms with Crippen LogP contribution in [0.1, 0.15) is 33.1 Å². The van der Waals surface area contributed by atoms with Gasteiger partial charge in [0.25, 0.3) is 11.8 Å². The zero-order valence-corrected chi connectivity index (χ0v) is 16.8. The number of hydrogen-bond acceptors (Lipinski definition) is 6. The summed E-state index contributed by atoms with van der Waals surface area (Å²) >= 11 is 1.54. The van der Waals surface area contributed by atoms with Gasteiger partial charge in [-0.05, 0) is 55.8 Å². The van der Waals surface area contributed by atoms with E-state index >= 15 is 0 Å². The van der Waals surface area contributed by atoms with E-state index in [9.17, 15) is 9.59 Å². The zero-order valence-electron chi connectivity index (χ0n) is 16.0. The zero-order chi connectivity index (χ0) is 20.6. The van der Waals surface area contributed by atoms with Crippen molar-refractivity contribution in [2.45, 2.75) is 24.8 Å². The Morgan fingerprint density at radius 3 is 2.45 bits per heavy atom. The highest BCUT2D eigenvalue weighted by Gasteiger charge is 2.07. The average molecular weight is 408 g/mol. The topological polar surface area (TPSA) is 97.1 Å². The van der Waals surface area contributed by atoms with Gasteiger partial charge in [0.05, 0.1) is 6.26 Å². The van der Waals surface area contributed by atoms with Crippen LogP contribution in [-0.2, 0) is 10.5 Å². The molecule has 0 aliphatic heterocycles. The van der Waals surface area contributed by atoms with Gasteiger partial charge in [0.1, 0.15) is 5.76 Å². The standard InChI is InChI=1S/C21H20N4O3S/c1-14-12-15(2)23-21(22-14)29-13-16-5-7-17(8-6-16)20(27)25-24-19(26)10-9-18-4-3-11-28-18/h3-12H,13H2,1-2H3,(H,24,26)(H,25,27)/b10-9+. The molecule has 2 N–H and O–H groups in total. The maximum Gasteiger partial charge on any atom is 0.269 e. The molecule has 3 aromatic rings. The molecule has 0 saturated carbocycles. The number of carbonyl (C=O) groups excluding carboxylic acids is 2. The second kappa shape index (κ2) is 9.70. The van der Waals surface area contributed by atoms with Gasteiger partial charge in [0.2, 0.25) is 0 Å². The molecule has 0 spiro atoms. The molecule has 0 aliphatic carbocycles. The first-order valence-corrected chi connectivity index (χ1v) is 9.84. The Morgan fingerprint density at radius 2 is 1.79 bits per heavy atom. The lowest BCUT2D eigenvalue weighted by atomic mass is 10.1. The fourth-order valence-corrected chi connectivity index (χ4v) is 3.34. The molecule has 0 radical (unpaired) electrons. The number of nitrogens with one attached hydrogen (secondary N) is 2. The van der Waals surface area contributed by atoms with Crippen molar-refractivity contribution in [2.24, 2.45) is 0 Å². The summed E-state index contributed by atoms with van der Waals surface area (Å²) < 4.78 is 5.09. The van der Waals surface area contributed by atoms with Crippen LogP contribution in [0.25, 0.3) is 6.08 Å². The fraction of sp³-hybridized carbons (Fsp3) is 0.143. The molecule has 1 aromatic carbocycles. The van der Waals surface area contributed by atoms with Gasteiger partial charge in [-0.2, -0.15) is 0 Å². The smallest absolute Gasteiger partial charge is 0.269 e. The summed E-state index contributed by atoms with van der Waals surface area (Å²) in [5.74, 6) is 0.378. The first-order valence-electron chi connectivity index (χ1n) is 8.85. The number of rotatable bonds is 6. The van der Waals surface area contributed by atoms with Gasteiger partial charge in [0, 0.05) is 28.8 Å². The molecule has 0 saturated heterocycles. The van der Waals surface area contributed by atoms with Gasteiger partial charge in [-0.15, -0.1) is 0 Å². The normalized spacial score (nSPS) is 10.8. The monoisotopic (exact) mass is 408 g/mol. The first kappa shape index (κ1) is 20.3. The van der Waals surface area contributed by atoms with Gasteiger partial charge in [0.15, 0.2) is 5.16 Å². The van der Waals surface area contributed by atoms with Gasteiger partial charge >= 0.3 is 0 Å². The lowest BCUT2D eigenvalue weighted by molar-refractivity contribution is -0.117. The molecule has 0 aliphatic rings. The van der Waals surface area contributed by atoms with E-state index in [1.165, 1.54) is 30.2 Å². The van der Waals surface area contributed by atoms with Crippen molar-refractivity contribution in [1.29, 1.82) is 0 Å². The third-order valence-corrected chi connectivity index (χ3v) is 4.71. The second-order valence-corrected chi connectivity index (χ2v) is 7.15.